The van der Waals surface area contributed by atoms with Gasteiger partial charge in [-0.15, -0.1) is 5.10 Å². The fourth-order valence-corrected chi connectivity index (χ4v) is 3.55. The molecule has 1 aliphatic rings. The van der Waals surface area contributed by atoms with Gasteiger partial charge in [0.25, 0.3) is 11.5 Å². The van der Waals surface area contributed by atoms with Crippen LogP contribution in [0.1, 0.15) is 34.8 Å². The first-order valence-electron chi connectivity index (χ1n) is 9.91. The summed E-state index contributed by atoms with van der Waals surface area (Å²) >= 11 is 0. The van der Waals surface area contributed by atoms with Crippen molar-refractivity contribution < 1.29 is 14.3 Å². The number of pyridine rings is 1. The lowest BCUT2D eigenvalue weighted by Crippen LogP contribution is -2.38. The average molecular weight is 422 g/mol. The molecule has 0 aliphatic carbocycles. The van der Waals surface area contributed by atoms with Gasteiger partial charge in [-0.1, -0.05) is 6.07 Å². The van der Waals surface area contributed by atoms with E-state index in [1.165, 1.54) is 12.4 Å². The molecule has 1 amide bonds. The van der Waals surface area contributed by atoms with Crippen LogP contribution in [0.3, 0.4) is 0 Å². The minimum absolute atomic E-state index is 0.0776. The molecule has 0 bridgehead atoms. The maximum atomic E-state index is 13.0. The summed E-state index contributed by atoms with van der Waals surface area (Å²) in [4.78, 5) is 36.6. The van der Waals surface area contributed by atoms with Crippen LogP contribution in [0.15, 0.2) is 47.7 Å². The third-order valence-electron chi connectivity index (χ3n) is 5.21. The Bertz CT molecular complexity index is 1080. The number of aromatic nitrogens is 5. The van der Waals surface area contributed by atoms with Crippen molar-refractivity contribution in [3.63, 3.8) is 0 Å². The van der Waals surface area contributed by atoms with Crippen LogP contribution < -0.4 is 15.6 Å². The van der Waals surface area contributed by atoms with Gasteiger partial charge in [0, 0.05) is 37.9 Å². The molecule has 4 heterocycles. The van der Waals surface area contributed by atoms with E-state index >= 15 is 0 Å². The van der Waals surface area contributed by atoms with E-state index in [0.29, 0.717) is 24.8 Å². The molecule has 0 spiro atoms. The zero-order valence-electron chi connectivity index (χ0n) is 16.9. The first kappa shape index (κ1) is 20.6. The molecule has 3 aromatic heterocycles. The highest BCUT2D eigenvalue weighted by Crippen LogP contribution is 2.30. The van der Waals surface area contributed by atoms with Gasteiger partial charge >= 0.3 is 0 Å². The fourth-order valence-electron chi connectivity index (χ4n) is 3.55. The number of amides is 1. The van der Waals surface area contributed by atoms with Gasteiger partial charge < -0.3 is 19.8 Å². The number of H-pyrrole nitrogens is 1. The molecule has 1 atom stereocenters. The molecule has 3 aromatic rings. The van der Waals surface area contributed by atoms with Crippen LogP contribution in [0.25, 0.3) is 11.5 Å². The number of nitrogens with one attached hydrogen (secondary N) is 2. The number of carbonyl (C=O) groups excluding carboxylic acids is 1. The summed E-state index contributed by atoms with van der Waals surface area (Å²) in [6.07, 6.45) is 6.03. The Kier molecular flexibility index (Phi) is 6.27. The predicted molar refractivity (Wildman–Crippen MR) is 110 cm³/mol. The first-order valence-corrected chi connectivity index (χ1v) is 9.91. The highest BCUT2D eigenvalue weighted by Gasteiger charge is 2.28. The van der Waals surface area contributed by atoms with Crippen molar-refractivity contribution in [2.75, 3.05) is 20.3 Å². The van der Waals surface area contributed by atoms with Crippen LogP contribution in [0.4, 0.5) is 0 Å². The van der Waals surface area contributed by atoms with Crippen molar-refractivity contribution >= 4 is 5.91 Å². The first-order chi connectivity index (χ1) is 15.2. The van der Waals surface area contributed by atoms with Gasteiger partial charge in [-0.3, -0.25) is 9.59 Å². The zero-order valence-corrected chi connectivity index (χ0v) is 16.9. The van der Waals surface area contributed by atoms with Crippen LogP contribution in [0.2, 0.25) is 0 Å². The number of rotatable bonds is 6. The number of hydrogen-bond donors (Lipinski definition) is 2. The van der Waals surface area contributed by atoms with Crippen molar-refractivity contribution in [1.82, 2.24) is 30.5 Å². The van der Waals surface area contributed by atoms with Gasteiger partial charge in [0.15, 0.2) is 5.82 Å². The van der Waals surface area contributed by atoms with Crippen molar-refractivity contribution in [2.24, 2.45) is 5.92 Å². The van der Waals surface area contributed by atoms with Gasteiger partial charge in [0.1, 0.15) is 11.3 Å². The van der Waals surface area contributed by atoms with E-state index in [1.807, 2.05) is 6.07 Å². The van der Waals surface area contributed by atoms with Crippen LogP contribution in [0.5, 0.6) is 5.88 Å². The minimum Gasteiger partial charge on any atom is -0.481 e. The van der Waals surface area contributed by atoms with Crippen LogP contribution in [-0.4, -0.2) is 51.4 Å². The molecule has 4 rings (SSSR count). The largest absolute Gasteiger partial charge is 0.481 e. The zero-order chi connectivity index (χ0) is 21.6. The van der Waals surface area contributed by atoms with E-state index in [4.69, 9.17) is 9.47 Å². The summed E-state index contributed by atoms with van der Waals surface area (Å²) < 4.78 is 10.6. The highest BCUT2D eigenvalue weighted by atomic mass is 16.5. The lowest BCUT2D eigenvalue weighted by Gasteiger charge is -2.31. The van der Waals surface area contributed by atoms with E-state index < -0.39 is 11.5 Å². The van der Waals surface area contributed by atoms with Crippen LogP contribution >= 0.6 is 0 Å². The summed E-state index contributed by atoms with van der Waals surface area (Å²) in [5.41, 5.74) is 0.621. The molecule has 0 saturated carbocycles. The molecule has 1 fully saturated rings. The Morgan fingerprint density at radius 2 is 2.06 bits per heavy atom. The maximum absolute atomic E-state index is 13.0. The van der Waals surface area contributed by atoms with Crippen LogP contribution in [0, 0.1) is 5.92 Å². The number of hydrogen-bond acceptors (Lipinski definition) is 8. The second-order valence-corrected chi connectivity index (χ2v) is 7.12. The number of aromatic amines is 1. The van der Waals surface area contributed by atoms with Gasteiger partial charge in [0.05, 0.1) is 13.2 Å². The maximum Gasteiger partial charge on any atom is 0.264 e. The Morgan fingerprint density at radius 1 is 1.23 bits per heavy atom. The number of nitrogens with zero attached hydrogens (tertiary/aromatic N) is 4. The summed E-state index contributed by atoms with van der Waals surface area (Å²) in [5.74, 6) is 0.376. The molecule has 1 saturated heterocycles. The monoisotopic (exact) mass is 422 g/mol. The highest BCUT2D eigenvalue weighted by molar-refractivity contribution is 5.93. The minimum atomic E-state index is -0.549. The quantitative estimate of drug-likeness (QED) is 0.611. The van der Waals surface area contributed by atoms with Crippen molar-refractivity contribution in [3.05, 3.63) is 64.3 Å². The van der Waals surface area contributed by atoms with Crippen LogP contribution in [-0.2, 0) is 4.74 Å². The molecule has 10 heteroatoms. The number of ether oxygens (including phenoxy) is 2. The van der Waals surface area contributed by atoms with Crippen molar-refractivity contribution in [3.8, 4) is 17.4 Å². The van der Waals surface area contributed by atoms with Gasteiger partial charge in [0.2, 0.25) is 5.88 Å². The molecule has 0 aromatic carbocycles. The van der Waals surface area contributed by atoms with Crippen molar-refractivity contribution in [2.45, 2.75) is 18.9 Å². The molecular weight excluding hydrogens is 400 g/mol. The molecular formula is C21H22N6O4. The summed E-state index contributed by atoms with van der Waals surface area (Å²) in [7, 11) is 1.55. The molecule has 0 radical (unpaired) electrons. The SMILES string of the molecule is COc1ccc([C@H](NC(=O)c2cnc(-c3cccnn3)[nH]c2=O)C2CCOCC2)cn1. The van der Waals surface area contributed by atoms with Gasteiger partial charge in [-0.2, -0.15) is 5.10 Å². The van der Waals surface area contributed by atoms with E-state index in [-0.39, 0.29) is 23.3 Å². The topological polar surface area (TPSA) is 132 Å². The lowest BCUT2D eigenvalue weighted by atomic mass is 9.87. The lowest BCUT2D eigenvalue weighted by molar-refractivity contribution is 0.0513. The predicted octanol–water partition coefficient (Wildman–Crippen LogP) is 1.53. The second-order valence-electron chi connectivity index (χ2n) is 7.12. The molecule has 10 nitrogen and oxygen atoms in total. The Morgan fingerprint density at radius 3 is 2.71 bits per heavy atom. The molecule has 2 N–H and O–H groups in total. The number of methoxy groups -OCH3 is 1. The van der Waals surface area contributed by atoms with E-state index in [0.717, 1.165) is 18.4 Å². The van der Waals surface area contributed by atoms with Gasteiger partial charge in [-0.05, 0) is 36.5 Å². The van der Waals surface area contributed by atoms with Gasteiger partial charge in [-0.25, -0.2) is 9.97 Å². The summed E-state index contributed by atoms with van der Waals surface area (Å²) in [5, 5.41) is 10.7. The third kappa shape index (κ3) is 4.75. The standard InChI is InChI=1S/C21H22N6O4/c1-30-17-5-4-14(11-22-17)18(13-6-9-31-10-7-13)25-20(28)15-12-23-19(26-21(15)29)16-3-2-8-24-27-16/h2-5,8,11-13,18H,6-7,9-10H2,1H3,(H,25,28)(H,23,26,29)/t18-/m1/s1. The Balaban J connectivity index is 1.58. The van der Waals surface area contributed by atoms with E-state index in [9.17, 15) is 9.59 Å². The Labute approximate surface area is 178 Å². The summed E-state index contributed by atoms with van der Waals surface area (Å²) in [6, 6.07) is 6.64. The second kappa shape index (κ2) is 9.43. The Hall–Kier alpha value is -3.66. The van der Waals surface area contributed by atoms with Crippen molar-refractivity contribution in [1.29, 1.82) is 0 Å². The smallest absolute Gasteiger partial charge is 0.264 e. The molecule has 0 unspecified atom stereocenters. The average Bonchev–Trinajstić information content (AvgIpc) is 2.83. The van der Waals surface area contributed by atoms with E-state index in [1.54, 1.807) is 31.5 Å². The fraction of sp³-hybridized carbons (Fsp3) is 0.333. The number of carbonyl (C=O) groups is 1. The normalized spacial score (nSPS) is 15.3. The van der Waals surface area contributed by atoms with E-state index in [2.05, 4.69) is 30.5 Å². The molecule has 31 heavy (non-hydrogen) atoms. The molecule has 1 aliphatic heterocycles. The summed E-state index contributed by atoms with van der Waals surface area (Å²) in [6.45, 7) is 1.24. The molecule has 160 valence electrons. The third-order valence-corrected chi connectivity index (χ3v) is 5.21.